The van der Waals surface area contributed by atoms with E-state index in [4.69, 9.17) is 10.5 Å². The van der Waals surface area contributed by atoms with E-state index in [1.165, 1.54) is 12.1 Å². The zero-order chi connectivity index (χ0) is 16.2. The highest BCUT2D eigenvalue weighted by molar-refractivity contribution is 5.42. The summed E-state index contributed by atoms with van der Waals surface area (Å²) in [6, 6.07) is 2.76. The summed E-state index contributed by atoms with van der Waals surface area (Å²) in [6.45, 7) is 0. The molecule has 0 saturated carbocycles. The summed E-state index contributed by atoms with van der Waals surface area (Å²) in [6.07, 6.45) is -4.82. The molecule has 0 saturated heterocycles. The molecule has 0 spiro atoms. The number of hydrogen-bond acceptors (Lipinski definition) is 5. The Morgan fingerprint density at radius 2 is 1.67 bits per heavy atom. The second kappa shape index (κ2) is 6.00. The first-order valence-corrected chi connectivity index (χ1v) is 4.86. The van der Waals surface area contributed by atoms with Gasteiger partial charge in [0.1, 0.15) is 23.3 Å². The monoisotopic (exact) mass is 307 g/mol. The first-order chi connectivity index (χ1) is 9.72. The van der Waals surface area contributed by atoms with Crippen molar-refractivity contribution < 1.29 is 26.3 Å². The van der Waals surface area contributed by atoms with Gasteiger partial charge in [-0.15, -0.1) is 0 Å². The number of halogens is 6. The third-order valence-electron chi connectivity index (χ3n) is 1.97. The summed E-state index contributed by atoms with van der Waals surface area (Å²) in [5, 5.41) is 16.7. The van der Waals surface area contributed by atoms with Crippen LogP contribution in [-0.2, 0) is 6.18 Å². The van der Waals surface area contributed by atoms with Crippen LogP contribution in [0.4, 0.5) is 32.2 Å². The van der Waals surface area contributed by atoms with Crippen LogP contribution in [0, 0.1) is 40.2 Å². The van der Waals surface area contributed by atoms with Crippen molar-refractivity contribution in [1.29, 1.82) is 10.5 Å². The Bertz CT molecular complexity index is 650. The van der Waals surface area contributed by atoms with E-state index in [9.17, 15) is 26.3 Å². The van der Waals surface area contributed by atoms with Crippen molar-refractivity contribution in [3.8, 4) is 12.1 Å². The molecule has 1 heterocycles. The summed E-state index contributed by atoms with van der Waals surface area (Å²) >= 11 is 0. The number of nitriles is 2. The highest BCUT2D eigenvalue weighted by Crippen LogP contribution is 2.35. The Morgan fingerprint density at radius 1 is 1.10 bits per heavy atom. The van der Waals surface area contributed by atoms with E-state index >= 15 is 0 Å². The Hall–Kier alpha value is -2.95. The SMILES string of the molecule is N#CC(C#N)=CNNc1nc(F)c(F)c(C(F)(F)F)c1F. The molecule has 21 heavy (non-hydrogen) atoms. The summed E-state index contributed by atoms with van der Waals surface area (Å²) in [5.74, 6) is -8.13. The number of aromatic nitrogens is 1. The topological polar surface area (TPSA) is 84.5 Å². The lowest BCUT2D eigenvalue weighted by atomic mass is 10.2. The van der Waals surface area contributed by atoms with Gasteiger partial charge >= 0.3 is 6.18 Å². The molecule has 0 aliphatic rings. The molecule has 11 heteroatoms. The van der Waals surface area contributed by atoms with Gasteiger partial charge in [-0.2, -0.15) is 33.1 Å². The van der Waals surface area contributed by atoms with Crippen LogP contribution in [0.15, 0.2) is 11.8 Å². The summed E-state index contributed by atoms with van der Waals surface area (Å²) < 4.78 is 76.6. The Morgan fingerprint density at radius 3 is 2.14 bits per heavy atom. The van der Waals surface area contributed by atoms with E-state index in [-0.39, 0.29) is 0 Å². The van der Waals surface area contributed by atoms with Crippen LogP contribution >= 0.6 is 0 Å². The molecule has 0 fully saturated rings. The number of hydrogen-bond donors (Lipinski definition) is 2. The minimum absolute atomic E-state index is 0.512. The van der Waals surface area contributed by atoms with Gasteiger partial charge < -0.3 is 5.43 Å². The van der Waals surface area contributed by atoms with Crippen molar-refractivity contribution in [1.82, 2.24) is 10.4 Å². The molecule has 0 unspecified atom stereocenters. The van der Waals surface area contributed by atoms with Gasteiger partial charge in [0.15, 0.2) is 17.5 Å². The third-order valence-corrected chi connectivity index (χ3v) is 1.97. The molecule has 2 N–H and O–H groups in total. The maximum Gasteiger partial charge on any atom is 0.422 e. The summed E-state index contributed by atoms with van der Waals surface area (Å²) in [7, 11) is 0. The molecule has 0 bridgehead atoms. The van der Waals surface area contributed by atoms with Gasteiger partial charge in [-0.25, -0.2) is 8.78 Å². The number of nitrogens with zero attached hydrogens (tertiary/aromatic N) is 3. The van der Waals surface area contributed by atoms with Crippen LogP contribution in [0.2, 0.25) is 0 Å². The molecule has 0 aliphatic heterocycles. The normalized spacial score (nSPS) is 10.3. The third kappa shape index (κ3) is 3.54. The number of pyridine rings is 1. The van der Waals surface area contributed by atoms with Gasteiger partial charge in [0, 0.05) is 6.20 Å². The van der Waals surface area contributed by atoms with Crippen LogP contribution in [0.25, 0.3) is 0 Å². The van der Waals surface area contributed by atoms with E-state index in [1.807, 2.05) is 5.43 Å². The molecular formula is C10H3F6N5. The fourth-order valence-corrected chi connectivity index (χ4v) is 1.11. The second-order valence-corrected chi connectivity index (χ2v) is 3.30. The number of rotatable bonds is 3. The zero-order valence-corrected chi connectivity index (χ0v) is 9.69. The van der Waals surface area contributed by atoms with Crippen LogP contribution < -0.4 is 10.9 Å². The number of alkyl halides is 3. The molecular weight excluding hydrogens is 304 g/mol. The number of anilines is 1. The summed E-state index contributed by atoms with van der Waals surface area (Å²) in [4.78, 5) is 2.61. The number of hydrazine groups is 1. The van der Waals surface area contributed by atoms with Gasteiger partial charge in [0.2, 0.25) is 0 Å². The Balaban J connectivity index is 3.17. The molecule has 0 atom stereocenters. The maximum absolute atomic E-state index is 13.5. The largest absolute Gasteiger partial charge is 0.422 e. The van der Waals surface area contributed by atoms with Crippen LogP contribution in [-0.4, -0.2) is 4.98 Å². The molecule has 5 nitrogen and oxygen atoms in total. The zero-order valence-electron chi connectivity index (χ0n) is 9.69. The number of nitrogens with one attached hydrogen (secondary N) is 2. The molecule has 0 aromatic carbocycles. The van der Waals surface area contributed by atoms with Crippen molar-refractivity contribution in [2.45, 2.75) is 6.18 Å². The first kappa shape index (κ1) is 16.1. The van der Waals surface area contributed by atoms with Crippen LogP contribution in [0.1, 0.15) is 5.56 Å². The average Bonchev–Trinajstić information content (AvgIpc) is 2.39. The van der Waals surface area contributed by atoms with Gasteiger partial charge in [-0.3, -0.25) is 5.43 Å². The fraction of sp³-hybridized carbons (Fsp3) is 0.100. The molecule has 0 amide bonds. The molecule has 1 rings (SSSR count). The van der Waals surface area contributed by atoms with E-state index in [0.29, 0.717) is 6.20 Å². The van der Waals surface area contributed by atoms with Gasteiger partial charge in [0.25, 0.3) is 5.95 Å². The molecule has 1 aromatic heterocycles. The first-order valence-electron chi connectivity index (χ1n) is 4.86. The highest BCUT2D eigenvalue weighted by atomic mass is 19.4. The predicted molar refractivity (Wildman–Crippen MR) is 55.2 cm³/mol. The highest BCUT2D eigenvalue weighted by Gasteiger charge is 2.41. The Labute approximate surface area is 113 Å². The van der Waals surface area contributed by atoms with Crippen molar-refractivity contribution in [3.05, 3.63) is 34.9 Å². The predicted octanol–water partition coefficient (Wildman–Crippen LogP) is 2.37. The second-order valence-electron chi connectivity index (χ2n) is 3.30. The standard InChI is InChI=1S/C10H3F6N5/c11-6-5(10(14,15)16)7(12)9(20-8(6)13)21-19-3-4(1-17)2-18/h3,19H,(H,20,21). The quantitative estimate of drug-likeness (QED) is 0.387. The molecule has 0 aliphatic carbocycles. The van der Waals surface area contributed by atoms with Crippen molar-refractivity contribution in [3.63, 3.8) is 0 Å². The molecule has 1 aromatic rings. The van der Waals surface area contributed by atoms with Crippen molar-refractivity contribution >= 4 is 5.82 Å². The van der Waals surface area contributed by atoms with Crippen LogP contribution in [0.3, 0.4) is 0 Å². The lowest BCUT2D eigenvalue weighted by Crippen LogP contribution is -2.22. The summed E-state index contributed by atoms with van der Waals surface area (Å²) in [5.41, 5.74) is 0.558. The van der Waals surface area contributed by atoms with E-state index < -0.39 is 40.7 Å². The molecule has 110 valence electrons. The Kier molecular flexibility index (Phi) is 4.60. The van der Waals surface area contributed by atoms with Gasteiger partial charge in [-0.1, -0.05) is 0 Å². The fourth-order valence-electron chi connectivity index (χ4n) is 1.11. The van der Waals surface area contributed by atoms with Gasteiger partial charge in [0.05, 0.1) is 0 Å². The van der Waals surface area contributed by atoms with E-state index in [1.54, 1.807) is 5.43 Å². The minimum atomic E-state index is -5.48. The average molecular weight is 307 g/mol. The van der Waals surface area contributed by atoms with E-state index in [0.717, 1.165) is 0 Å². The lowest BCUT2D eigenvalue weighted by molar-refractivity contribution is -0.142. The van der Waals surface area contributed by atoms with Gasteiger partial charge in [-0.05, 0) is 0 Å². The lowest BCUT2D eigenvalue weighted by Gasteiger charge is -2.13. The van der Waals surface area contributed by atoms with Crippen molar-refractivity contribution in [2.75, 3.05) is 5.43 Å². The maximum atomic E-state index is 13.5. The van der Waals surface area contributed by atoms with Crippen molar-refractivity contribution in [2.24, 2.45) is 0 Å². The van der Waals surface area contributed by atoms with Crippen LogP contribution in [0.5, 0.6) is 0 Å². The number of allylic oxidation sites excluding steroid dienone is 1. The minimum Gasteiger partial charge on any atom is -0.305 e. The smallest absolute Gasteiger partial charge is 0.305 e. The molecule has 0 radical (unpaired) electrons. The van der Waals surface area contributed by atoms with E-state index in [2.05, 4.69) is 4.98 Å².